The molecule has 0 aliphatic carbocycles. The van der Waals surface area contributed by atoms with Crippen LogP contribution in [0, 0.1) is 5.92 Å². The van der Waals surface area contributed by atoms with Crippen LogP contribution >= 0.6 is 0 Å². The zero-order valence-electron chi connectivity index (χ0n) is 10.9. The van der Waals surface area contributed by atoms with Crippen LogP contribution in [0.1, 0.15) is 37.6 Å². The molecule has 1 N–H and O–H groups in total. The molecule has 2 rings (SSSR count). The minimum absolute atomic E-state index is 0.779. The van der Waals surface area contributed by atoms with Gasteiger partial charge in [-0.15, -0.1) is 0 Å². The first-order valence-corrected chi connectivity index (χ1v) is 6.63. The van der Waals surface area contributed by atoms with E-state index in [9.17, 15) is 0 Å². The molecular weight excluding hydrogens is 214 g/mol. The molecule has 96 valence electrons. The van der Waals surface area contributed by atoms with Crippen LogP contribution in [-0.4, -0.2) is 30.2 Å². The maximum absolute atomic E-state index is 5.36. The van der Waals surface area contributed by atoms with E-state index >= 15 is 0 Å². The molecule has 2 heterocycles. The number of likely N-dealkylation sites (tertiary alicyclic amines) is 1. The van der Waals surface area contributed by atoms with E-state index in [1.165, 1.54) is 32.4 Å². The van der Waals surface area contributed by atoms with Gasteiger partial charge in [-0.3, -0.25) is 4.90 Å². The van der Waals surface area contributed by atoms with E-state index in [1.54, 1.807) is 0 Å². The topological polar surface area (TPSA) is 41.3 Å². The van der Waals surface area contributed by atoms with E-state index in [0.717, 1.165) is 30.5 Å². The van der Waals surface area contributed by atoms with Crippen LogP contribution in [0.2, 0.25) is 0 Å². The normalized spacial score (nSPS) is 21.9. The second-order valence-corrected chi connectivity index (χ2v) is 4.97. The maximum Gasteiger partial charge on any atom is 0.151 e. The summed E-state index contributed by atoms with van der Waals surface area (Å²) in [6.45, 7) is 6.37. The van der Waals surface area contributed by atoms with Crippen LogP contribution < -0.4 is 5.32 Å². The minimum Gasteiger partial charge on any atom is -0.360 e. The lowest BCUT2D eigenvalue weighted by Gasteiger charge is -2.31. The summed E-state index contributed by atoms with van der Waals surface area (Å²) in [5.74, 6) is 1.86. The summed E-state index contributed by atoms with van der Waals surface area (Å²) in [5, 5.41) is 7.13. The van der Waals surface area contributed by atoms with Gasteiger partial charge in [0.15, 0.2) is 5.76 Å². The number of hydrogen-bond acceptors (Lipinski definition) is 4. The third-order valence-corrected chi connectivity index (χ3v) is 3.53. The molecule has 1 aromatic heterocycles. The zero-order chi connectivity index (χ0) is 12.1. The highest BCUT2D eigenvalue weighted by Crippen LogP contribution is 2.20. The Kier molecular flexibility index (Phi) is 4.57. The van der Waals surface area contributed by atoms with Gasteiger partial charge in [0.05, 0.1) is 12.2 Å². The van der Waals surface area contributed by atoms with E-state index in [2.05, 4.69) is 28.4 Å². The van der Waals surface area contributed by atoms with Crippen LogP contribution in [0.4, 0.5) is 0 Å². The third-order valence-electron chi connectivity index (χ3n) is 3.53. The second-order valence-electron chi connectivity index (χ2n) is 4.97. The fourth-order valence-corrected chi connectivity index (χ4v) is 2.54. The van der Waals surface area contributed by atoms with Gasteiger partial charge in [0.1, 0.15) is 0 Å². The Morgan fingerprint density at radius 1 is 1.59 bits per heavy atom. The number of hydrogen-bond donors (Lipinski definition) is 1. The molecule has 0 spiro atoms. The Hall–Kier alpha value is -0.870. The summed E-state index contributed by atoms with van der Waals surface area (Å²) in [6.07, 6.45) is 3.99. The molecule has 1 aromatic rings. The number of piperidine rings is 1. The smallest absolute Gasteiger partial charge is 0.151 e. The highest BCUT2D eigenvalue weighted by atomic mass is 16.5. The van der Waals surface area contributed by atoms with Gasteiger partial charge in [-0.25, -0.2) is 0 Å². The second kappa shape index (κ2) is 6.17. The average Bonchev–Trinajstić information content (AvgIpc) is 2.77. The molecule has 0 aromatic carbocycles. The van der Waals surface area contributed by atoms with Gasteiger partial charge < -0.3 is 9.84 Å². The molecular formula is C13H23N3O. The Morgan fingerprint density at radius 3 is 3.24 bits per heavy atom. The molecule has 1 aliphatic rings. The SMILES string of the molecule is CCC1CCCN(Cc2cc(CNC)no2)C1. The molecule has 0 radical (unpaired) electrons. The molecule has 4 nitrogen and oxygen atoms in total. The van der Waals surface area contributed by atoms with Crippen molar-refractivity contribution in [2.24, 2.45) is 5.92 Å². The minimum atomic E-state index is 0.779. The van der Waals surface area contributed by atoms with Crippen molar-refractivity contribution in [2.75, 3.05) is 20.1 Å². The van der Waals surface area contributed by atoms with E-state index in [1.807, 2.05) is 7.05 Å². The highest BCUT2D eigenvalue weighted by Gasteiger charge is 2.19. The van der Waals surface area contributed by atoms with Gasteiger partial charge in [0, 0.05) is 19.2 Å². The highest BCUT2D eigenvalue weighted by molar-refractivity contribution is 5.05. The maximum atomic E-state index is 5.36. The van der Waals surface area contributed by atoms with Gasteiger partial charge in [-0.2, -0.15) is 0 Å². The van der Waals surface area contributed by atoms with Crippen molar-refractivity contribution in [1.82, 2.24) is 15.4 Å². The van der Waals surface area contributed by atoms with Gasteiger partial charge in [-0.05, 0) is 32.4 Å². The molecule has 1 aliphatic heterocycles. The summed E-state index contributed by atoms with van der Waals surface area (Å²) in [5.41, 5.74) is 0.992. The van der Waals surface area contributed by atoms with Gasteiger partial charge in [0.2, 0.25) is 0 Å². The third kappa shape index (κ3) is 3.54. The van der Waals surface area contributed by atoms with Crippen LogP contribution in [-0.2, 0) is 13.1 Å². The molecule has 1 unspecified atom stereocenters. The lowest BCUT2D eigenvalue weighted by Crippen LogP contribution is -2.34. The number of rotatable bonds is 5. The average molecular weight is 237 g/mol. The monoisotopic (exact) mass is 237 g/mol. The predicted octanol–water partition coefficient (Wildman–Crippen LogP) is 2.02. The van der Waals surface area contributed by atoms with Crippen molar-refractivity contribution in [3.05, 3.63) is 17.5 Å². The zero-order valence-corrected chi connectivity index (χ0v) is 10.9. The molecule has 4 heteroatoms. The molecule has 0 bridgehead atoms. The van der Waals surface area contributed by atoms with E-state index in [4.69, 9.17) is 4.52 Å². The van der Waals surface area contributed by atoms with Crippen LogP contribution in [0.3, 0.4) is 0 Å². The van der Waals surface area contributed by atoms with Gasteiger partial charge in [0.25, 0.3) is 0 Å². The first-order valence-electron chi connectivity index (χ1n) is 6.63. The Bertz CT molecular complexity index is 337. The lowest BCUT2D eigenvalue weighted by atomic mass is 9.96. The molecule has 17 heavy (non-hydrogen) atoms. The van der Waals surface area contributed by atoms with Gasteiger partial charge in [-0.1, -0.05) is 18.5 Å². The summed E-state index contributed by atoms with van der Waals surface area (Å²) in [4.78, 5) is 2.49. The lowest BCUT2D eigenvalue weighted by molar-refractivity contribution is 0.150. The summed E-state index contributed by atoms with van der Waals surface area (Å²) >= 11 is 0. The van der Waals surface area contributed by atoms with E-state index in [-0.39, 0.29) is 0 Å². The van der Waals surface area contributed by atoms with Crippen molar-refractivity contribution in [1.29, 1.82) is 0 Å². The molecule has 0 amide bonds. The van der Waals surface area contributed by atoms with Gasteiger partial charge >= 0.3 is 0 Å². The van der Waals surface area contributed by atoms with Crippen molar-refractivity contribution in [3.8, 4) is 0 Å². The number of nitrogens with zero attached hydrogens (tertiary/aromatic N) is 2. The fraction of sp³-hybridized carbons (Fsp3) is 0.769. The fourth-order valence-electron chi connectivity index (χ4n) is 2.54. The van der Waals surface area contributed by atoms with Crippen LogP contribution in [0.15, 0.2) is 10.6 Å². The molecule has 0 saturated carbocycles. The first-order chi connectivity index (χ1) is 8.31. The largest absolute Gasteiger partial charge is 0.360 e. The Morgan fingerprint density at radius 2 is 2.47 bits per heavy atom. The van der Waals surface area contributed by atoms with Crippen molar-refractivity contribution >= 4 is 0 Å². The first kappa shape index (κ1) is 12.6. The van der Waals surface area contributed by atoms with Crippen LogP contribution in [0.25, 0.3) is 0 Å². The quantitative estimate of drug-likeness (QED) is 0.850. The standard InChI is InChI=1S/C13H23N3O/c1-3-11-5-4-6-16(9-11)10-13-7-12(8-14-2)15-17-13/h7,11,14H,3-6,8-10H2,1-2H3. The number of nitrogens with one attached hydrogen (secondary N) is 1. The van der Waals surface area contributed by atoms with Crippen molar-refractivity contribution in [2.45, 2.75) is 39.3 Å². The Labute approximate surface area is 103 Å². The number of aromatic nitrogens is 1. The summed E-state index contributed by atoms with van der Waals surface area (Å²) < 4.78 is 5.36. The van der Waals surface area contributed by atoms with E-state index in [0.29, 0.717) is 0 Å². The summed E-state index contributed by atoms with van der Waals surface area (Å²) in [7, 11) is 1.92. The van der Waals surface area contributed by atoms with Crippen LogP contribution in [0.5, 0.6) is 0 Å². The molecule has 1 saturated heterocycles. The predicted molar refractivity (Wildman–Crippen MR) is 67.6 cm³/mol. The molecule has 1 fully saturated rings. The van der Waals surface area contributed by atoms with Crippen molar-refractivity contribution < 1.29 is 4.52 Å². The van der Waals surface area contributed by atoms with Crippen molar-refractivity contribution in [3.63, 3.8) is 0 Å². The Balaban J connectivity index is 1.86. The molecule has 1 atom stereocenters. The summed E-state index contributed by atoms with van der Waals surface area (Å²) in [6, 6.07) is 2.06. The van der Waals surface area contributed by atoms with E-state index < -0.39 is 0 Å².